The molecule has 0 saturated carbocycles. The number of halogens is 3. The third-order valence-electron chi connectivity index (χ3n) is 4.17. The molecule has 3 rings (SSSR count). The zero-order chi connectivity index (χ0) is 19.6. The van der Waals surface area contributed by atoms with Gasteiger partial charge in [-0.2, -0.15) is 0 Å². The van der Waals surface area contributed by atoms with Crippen LogP contribution in [0, 0.1) is 0 Å². The van der Waals surface area contributed by atoms with Gasteiger partial charge in [0.25, 0.3) is 0 Å². The van der Waals surface area contributed by atoms with Crippen molar-refractivity contribution in [3.63, 3.8) is 0 Å². The molecular weight excluding hydrogens is 413 g/mol. The first-order valence-corrected chi connectivity index (χ1v) is 9.65. The number of aromatic nitrogens is 2. The SMILES string of the molecule is CC(C)(OC1CCCCO1)c1cc(Oc2c(Cl)cc(N)cc2Cl)nnc1Cl. The number of ether oxygens (including phenoxy) is 3. The van der Waals surface area contributed by atoms with E-state index in [0.717, 1.165) is 19.3 Å². The number of nitrogen functional groups attached to an aromatic ring is 1. The number of benzene rings is 1. The van der Waals surface area contributed by atoms with E-state index in [1.807, 2.05) is 13.8 Å². The molecule has 0 bridgehead atoms. The van der Waals surface area contributed by atoms with Crippen molar-refractivity contribution in [2.45, 2.75) is 45.0 Å². The average Bonchev–Trinajstić information content (AvgIpc) is 2.59. The minimum atomic E-state index is -0.762. The van der Waals surface area contributed by atoms with Crippen molar-refractivity contribution in [1.29, 1.82) is 0 Å². The molecule has 0 aliphatic carbocycles. The van der Waals surface area contributed by atoms with Gasteiger partial charge in [0.2, 0.25) is 5.88 Å². The standard InChI is InChI=1S/C18H20Cl3N3O3/c1-18(2,27-15-5-3-4-6-25-15)11-9-14(23-24-17(11)21)26-16-12(19)7-10(22)8-13(16)20/h7-9,15H,3-6,22H2,1-2H3. The van der Waals surface area contributed by atoms with E-state index in [9.17, 15) is 0 Å². The highest BCUT2D eigenvalue weighted by atomic mass is 35.5. The van der Waals surface area contributed by atoms with E-state index in [2.05, 4.69) is 10.2 Å². The van der Waals surface area contributed by atoms with Crippen LogP contribution < -0.4 is 10.5 Å². The van der Waals surface area contributed by atoms with Crippen LogP contribution in [0.15, 0.2) is 18.2 Å². The van der Waals surface area contributed by atoms with Gasteiger partial charge in [0.15, 0.2) is 17.2 Å². The van der Waals surface area contributed by atoms with Gasteiger partial charge in [-0.15, -0.1) is 10.2 Å². The molecule has 0 amide bonds. The largest absolute Gasteiger partial charge is 0.434 e. The minimum absolute atomic E-state index is 0.184. The van der Waals surface area contributed by atoms with E-state index < -0.39 is 5.60 Å². The molecule has 1 aliphatic heterocycles. The van der Waals surface area contributed by atoms with Crippen LogP contribution in [0.1, 0.15) is 38.7 Å². The Bertz CT molecular complexity index is 804. The normalized spacial score (nSPS) is 17.7. The summed E-state index contributed by atoms with van der Waals surface area (Å²) < 4.78 is 17.5. The van der Waals surface area contributed by atoms with Crippen LogP contribution in [-0.4, -0.2) is 23.1 Å². The molecule has 0 radical (unpaired) electrons. The van der Waals surface area contributed by atoms with Gasteiger partial charge >= 0.3 is 0 Å². The number of nitrogens with two attached hydrogens (primary N) is 1. The molecule has 6 nitrogen and oxygen atoms in total. The summed E-state index contributed by atoms with van der Waals surface area (Å²) in [7, 11) is 0. The number of rotatable bonds is 5. The highest BCUT2D eigenvalue weighted by molar-refractivity contribution is 6.37. The molecule has 27 heavy (non-hydrogen) atoms. The van der Waals surface area contributed by atoms with Gasteiger partial charge in [-0.1, -0.05) is 34.8 Å². The van der Waals surface area contributed by atoms with Gasteiger partial charge in [0, 0.05) is 23.9 Å². The Morgan fingerprint density at radius 2 is 1.81 bits per heavy atom. The topological polar surface area (TPSA) is 79.5 Å². The maximum atomic E-state index is 6.27. The molecule has 1 atom stereocenters. The lowest BCUT2D eigenvalue weighted by molar-refractivity contribution is -0.219. The molecule has 1 unspecified atom stereocenters. The van der Waals surface area contributed by atoms with E-state index in [-0.39, 0.29) is 33.1 Å². The van der Waals surface area contributed by atoms with E-state index in [1.54, 1.807) is 18.2 Å². The lowest BCUT2D eigenvalue weighted by atomic mass is 10.00. The van der Waals surface area contributed by atoms with Crippen molar-refractivity contribution in [2.75, 3.05) is 12.3 Å². The number of nitrogens with zero attached hydrogens (tertiary/aromatic N) is 2. The molecule has 1 aliphatic rings. The molecule has 0 spiro atoms. The van der Waals surface area contributed by atoms with Crippen molar-refractivity contribution in [1.82, 2.24) is 10.2 Å². The minimum Gasteiger partial charge on any atom is -0.434 e. The number of anilines is 1. The van der Waals surface area contributed by atoms with Crippen molar-refractivity contribution < 1.29 is 14.2 Å². The second-order valence-corrected chi connectivity index (χ2v) is 7.90. The average molecular weight is 433 g/mol. The summed E-state index contributed by atoms with van der Waals surface area (Å²) in [6, 6.07) is 4.74. The second kappa shape index (κ2) is 8.37. The highest BCUT2D eigenvalue weighted by Gasteiger charge is 2.31. The number of hydrogen-bond donors (Lipinski definition) is 1. The quantitative estimate of drug-likeness (QED) is 0.620. The highest BCUT2D eigenvalue weighted by Crippen LogP contribution is 2.39. The van der Waals surface area contributed by atoms with Gasteiger partial charge < -0.3 is 19.9 Å². The van der Waals surface area contributed by atoms with Crippen LogP contribution in [0.2, 0.25) is 15.2 Å². The zero-order valence-electron chi connectivity index (χ0n) is 15.0. The molecule has 9 heteroatoms. The fraction of sp³-hybridized carbons (Fsp3) is 0.444. The molecule has 1 fully saturated rings. The molecule has 146 valence electrons. The van der Waals surface area contributed by atoms with Gasteiger partial charge in [-0.25, -0.2) is 0 Å². The monoisotopic (exact) mass is 431 g/mol. The summed E-state index contributed by atoms with van der Waals surface area (Å²) in [6.45, 7) is 4.47. The Balaban J connectivity index is 1.85. The van der Waals surface area contributed by atoms with E-state index in [4.69, 9.17) is 54.7 Å². The lowest BCUT2D eigenvalue weighted by Gasteiger charge is -2.33. The van der Waals surface area contributed by atoms with E-state index in [0.29, 0.717) is 17.9 Å². The molecule has 2 N–H and O–H groups in total. The molecular formula is C18H20Cl3N3O3. The fourth-order valence-electron chi connectivity index (χ4n) is 2.81. The predicted molar refractivity (Wildman–Crippen MR) is 106 cm³/mol. The van der Waals surface area contributed by atoms with E-state index >= 15 is 0 Å². The van der Waals surface area contributed by atoms with Crippen LogP contribution in [0.25, 0.3) is 0 Å². The molecule has 1 aromatic heterocycles. The first kappa shape index (κ1) is 20.4. The Kier molecular flexibility index (Phi) is 6.33. The smallest absolute Gasteiger partial charge is 0.239 e. The van der Waals surface area contributed by atoms with Crippen molar-refractivity contribution in [3.8, 4) is 11.6 Å². The van der Waals surface area contributed by atoms with E-state index in [1.165, 1.54) is 0 Å². The summed E-state index contributed by atoms with van der Waals surface area (Å²) in [4.78, 5) is 0. The predicted octanol–water partition coefficient (Wildman–Crippen LogP) is 5.59. The first-order chi connectivity index (χ1) is 12.8. The van der Waals surface area contributed by atoms with Crippen LogP contribution in [0.3, 0.4) is 0 Å². The van der Waals surface area contributed by atoms with Crippen LogP contribution in [0.5, 0.6) is 11.6 Å². The number of hydrogen-bond acceptors (Lipinski definition) is 6. The summed E-state index contributed by atoms with van der Waals surface area (Å²) >= 11 is 18.6. The van der Waals surface area contributed by atoms with Crippen LogP contribution >= 0.6 is 34.8 Å². The summed E-state index contributed by atoms with van der Waals surface area (Å²) in [5, 5.41) is 8.69. The third kappa shape index (κ3) is 4.95. The Hall–Kier alpha value is -1.31. The van der Waals surface area contributed by atoms with Crippen molar-refractivity contribution >= 4 is 40.5 Å². The summed E-state index contributed by atoms with van der Waals surface area (Å²) in [5.74, 6) is 0.425. The first-order valence-electron chi connectivity index (χ1n) is 8.52. The lowest BCUT2D eigenvalue weighted by Crippen LogP contribution is -2.32. The molecule has 1 aromatic carbocycles. The summed E-state index contributed by atoms with van der Waals surface area (Å²) in [5.41, 5.74) is 6.00. The summed E-state index contributed by atoms with van der Waals surface area (Å²) in [6.07, 6.45) is 2.65. The maximum Gasteiger partial charge on any atom is 0.239 e. The third-order valence-corrected chi connectivity index (χ3v) is 5.01. The maximum absolute atomic E-state index is 6.27. The Labute approximate surface area is 172 Å². The van der Waals surface area contributed by atoms with Crippen molar-refractivity contribution in [2.24, 2.45) is 0 Å². The van der Waals surface area contributed by atoms with Crippen molar-refractivity contribution in [3.05, 3.63) is 39.0 Å². The Morgan fingerprint density at radius 1 is 1.11 bits per heavy atom. The zero-order valence-corrected chi connectivity index (χ0v) is 17.2. The van der Waals surface area contributed by atoms with Gasteiger partial charge in [-0.3, -0.25) is 0 Å². The van der Waals surface area contributed by atoms with Gasteiger partial charge in [0.05, 0.1) is 15.6 Å². The second-order valence-electron chi connectivity index (χ2n) is 6.73. The van der Waals surface area contributed by atoms with Gasteiger partial charge in [0.1, 0.15) is 0 Å². The van der Waals surface area contributed by atoms with Crippen LogP contribution in [0.4, 0.5) is 5.69 Å². The molecule has 2 heterocycles. The Morgan fingerprint density at radius 3 is 2.44 bits per heavy atom. The van der Waals surface area contributed by atoms with Crippen LogP contribution in [-0.2, 0) is 15.1 Å². The molecule has 2 aromatic rings. The molecule has 1 saturated heterocycles. The fourth-order valence-corrected chi connectivity index (χ4v) is 3.71. The van der Waals surface area contributed by atoms with Gasteiger partial charge in [-0.05, 0) is 45.2 Å².